The fourth-order valence-electron chi connectivity index (χ4n) is 10.9. The summed E-state index contributed by atoms with van der Waals surface area (Å²) in [6.45, 7) is 0. The molecule has 0 atom stereocenters. The summed E-state index contributed by atoms with van der Waals surface area (Å²) in [4.78, 5) is 5.51. The van der Waals surface area contributed by atoms with Crippen molar-refractivity contribution >= 4 is 87.2 Å². The second kappa shape index (κ2) is 13.9. The van der Waals surface area contributed by atoms with Gasteiger partial charge in [0.05, 0.1) is 72.8 Å². The van der Waals surface area contributed by atoms with Gasteiger partial charge < -0.3 is 13.7 Å². The fourth-order valence-corrected chi connectivity index (χ4v) is 10.9. The van der Waals surface area contributed by atoms with Gasteiger partial charge in [0, 0.05) is 60.4 Å². The first-order valence-electron chi connectivity index (χ1n) is 22.3. The van der Waals surface area contributed by atoms with Crippen molar-refractivity contribution in [3.63, 3.8) is 0 Å². The van der Waals surface area contributed by atoms with E-state index >= 15 is 0 Å². The maximum atomic E-state index is 11.4. The van der Waals surface area contributed by atoms with Crippen LogP contribution < -0.4 is 0 Å². The van der Waals surface area contributed by atoms with Crippen molar-refractivity contribution in [1.29, 1.82) is 5.26 Å². The van der Waals surface area contributed by atoms with Crippen LogP contribution in [0.25, 0.3) is 121 Å². The van der Waals surface area contributed by atoms with Crippen LogP contribution in [0.3, 0.4) is 0 Å². The van der Waals surface area contributed by atoms with E-state index in [4.69, 9.17) is 4.98 Å². The van der Waals surface area contributed by atoms with Crippen molar-refractivity contribution in [2.24, 2.45) is 0 Å². The highest BCUT2D eigenvalue weighted by Gasteiger charge is 2.25. The van der Waals surface area contributed by atoms with Crippen LogP contribution in [0, 0.1) is 11.3 Å². The molecular weight excluding hydrogens is 805 g/mol. The Morgan fingerprint density at radius 1 is 0.318 bits per heavy atom. The summed E-state index contributed by atoms with van der Waals surface area (Å²) in [5, 5.41) is 20.7. The maximum Gasteiger partial charge on any atom is 0.162 e. The van der Waals surface area contributed by atoms with Crippen LogP contribution >= 0.6 is 0 Å². The SMILES string of the molecule is N#Cc1cc(-n2c3ccccc3c3ccccc32)c(-n2c3ccccc3c3ccccc32)cc1-c1cnc(-n2c3ccccc3c3ccccc32)c(-n2c3ccccc3c3ccccc32)c1. The average Bonchev–Trinajstić information content (AvgIpc) is 4.11. The topological polar surface area (TPSA) is 56.4 Å². The zero-order valence-electron chi connectivity index (χ0n) is 35.5. The number of benzene rings is 9. The molecule has 0 aliphatic rings. The van der Waals surface area contributed by atoms with E-state index < -0.39 is 0 Å². The molecule has 0 aliphatic heterocycles. The molecule has 0 unspecified atom stereocenters. The normalized spacial score (nSPS) is 11.9. The molecule has 6 heteroatoms. The maximum absolute atomic E-state index is 11.4. The summed E-state index contributed by atoms with van der Waals surface area (Å²) in [7, 11) is 0. The molecule has 0 fully saturated rings. The van der Waals surface area contributed by atoms with Gasteiger partial charge >= 0.3 is 0 Å². The number of fused-ring (bicyclic) bond motifs is 12. The molecule has 0 aliphatic carbocycles. The van der Waals surface area contributed by atoms with Gasteiger partial charge in [-0.15, -0.1) is 0 Å². The third kappa shape index (κ3) is 5.02. The van der Waals surface area contributed by atoms with E-state index in [9.17, 15) is 5.26 Å². The van der Waals surface area contributed by atoms with Gasteiger partial charge in [0.25, 0.3) is 0 Å². The predicted octanol–water partition coefficient (Wildman–Crippen LogP) is 15.0. The lowest BCUT2D eigenvalue weighted by Crippen LogP contribution is -2.08. The van der Waals surface area contributed by atoms with Crippen LogP contribution in [0.15, 0.2) is 219 Å². The van der Waals surface area contributed by atoms with E-state index in [0.29, 0.717) is 5.56 Å². The van der Waals surface area contributed by atoms with Crippen LogP contribution in [-0.4, -0.2) is 23.3 Å². The molecule has 6 nitrogen and oxygen atoms in total. The minimum atomic E-state index is 0.552. The monoisotopic (exact) mass is 840 g/mol. The third-order valence-electron chi connectivity index (χ3n) is 13.6. The Morgan fingerprint density at radius 2 is 0.606 bits per heavy atom. The van der Waals surface area contributed by atoms with Crippen LogP contribution in [0.5, 0.6) is 0 Å². The molecule has 0 spiro atoms. The highest BCUT2D eigenvalue weighted by atomic mass is 15.1. The standard InChI is InChI=1S/C60H36N6/c61-36-38-33-57(63-49-25-9-1-17-40(49)41-18-2-10-26-50(41)63)58(64-51-27-11-3-19-42(51)43-20-4-12-28-52(43)64)35-48(38)39-34-59(65-53-29-13-5-21-44(53)45-22-6-14-30-54(45)65)60(62-37-39)66-55-31-15-7-23-46(55)47-24-8-16-32-56(47)66/h1-35,37H. The number of para-hydroxylation sites is 8. The average molecular weight is 841 g/mol. The van der Waals surface area contributed by atoms with Gasteiger partial charge in [-0.25, -0.2) is 4.98 Å². The number of hydrogen-bond acceptors (Lipinski definition) is 2. The molecule has 5 aromatic heterocycles. The second-order valence-corrected chi connectivity index (χ2v) is 17.0. The Bertz CT molecular complexity index is 4160. The van der Waals surface area contributed by atoms with E-state index in [1.165, 1.54) is 0 Å². The number of hydrogen-bond donors (Lipinski definition) is 0. The van der Waals surface area contributed by atoms with Crippen molar-refractivity contribution in [3.8, 4) is 40.1 Å². The summed E-state index contributed by atoms with van der Waals surface area (Å²) in [6.07, 6.45) is 1.96. The third-order valence-corrected chi connectivity index (χ3v) is 13.6. The number of pyridine rings is 1. The Balaban J connectivity index is 1.13. The van der Waals surface area contributed by atoms with E-state index in [2.05, 4.69) is 237 Å². The van der Waals surface area contributed by atoms with Gasteiger partial charge in [-0.05, 0) is 66.7 Å². The first-order valence-corrected chi connectivity index (χ1v) is 22.3. The van der Waals surface area contributed by atoms with E-state index in [1.807, 2.05) is 6.20 Å². The summed E-state index contributed by atoms with van der Waals surface area (Å²) < 4.78 is 9.36. The molecule has 0 bridgehead atoms. The molecule has 0 N–H and O–H groups in total. The minimum absolute atomic E-state index is 0.552. The van der Waals surface area contributed by atoms with Crippen molar-refractivity contribution in [2.45, 2.75) is 0 Å². The van der Waals surface area contributed by atoms with Gasteiger partial charge in [0.2, 0.25) is 0 Å². The van der Waals surface area contributed by atoms with Crippen molar-refractivity contribution < 1.29 is 0 Å². The molecule has 14 aromatic rings. The van der Waals surface area contributed by atoms with E-state index in [0.717, 1.165) is 121 Å². The second-order valence-electron chi connectivity index (χ2n) is 17.0. The van der Waals surface area contributed by atoms with Crippen LogP contribution in [0.2, 0.25) is 0 Å². The number of nitrogens with zero attached hydrogens (tertiary/aromatic N) is 6. The van der Waals surface area contributed by atoms with Crippen molar-refractivity contribution in [3.05, 3.63) is 224 Å². The highest BCUT2D eigenvalue weighted by Crippen LogP contribution is 2.43. The number of nitriles is 1. The quantitative estimate of drug-likeness (QED) is 0.173. The Morgan fingerprint density at radius 3 is 0.939 bits per heavy atom. The molecule has 14 rings (SSSR count). The lowest BCUT2D eigenvalue weighted by atomic mass is 9.98. The first kappa shape index (κ1) is 36.3. The molecule has 5 heterocycles. The zero-order chi connectivity index (χ0) is 43.5. The molecule has 9 aromatic carbocycles. The predicted molar refractivity (Wildman–Crippen MR) is 272 cm³/mol. The van der Waals surface area contributed by atoms with E-state index in [-0.39, 0.29) is 0 Å². The summed E-state index contributed by atoms with van der Waals surface area (Å²) in [6, 6.07) is 78.0. The highest BCUT2D eigenvalue weighted by molar-refractivity contribution is 6.13. The van der Waals surface area contributed by atoms with Crippen LogP contribution in [0.1, 0.15) is 5.56 Å². The summed E-state index contributed by atoms with van der Waals surface area (Å²) in [5.74, 6) is 0.797. The van der Waals surface area contributed by atoms with E-state index in [1.54, 1.807) is 0 Å². The zero-order valence-corrected chi connectivity index (χ0v) is 35.5. The summed E-state index contributed by atoms with van der Waals surface area (Å²) in [5.41, 5.74) is 13.6. The molecule has 0 saturated carbocycles. The van der Waals surface area contributed by atoms with Crippen LogP contribution in [0.4, 0.5) is 0 Å². The molecule has 306 valence electrons. The van der Waals surface area contributed by atoms with Gasteiger partial charge in [0.15, 0.2) is 5.82 Å². The van der Waals surface area contributed by atoms with Gasteiger partial charge in [-0.2, -0.15) is 5.26 Å². The lowest BCUT2D eigenvalue weighted by Gasteiger charge is -2.20. The fraction of sp³-hybridized carbons (Fsp3) is 0. The number of rotatable bonds is 5. The van der Waals surface area contributed by atoms with Crippen molar-refractivity contribution in [2.75, 3.05) is 0 Å². The molecule has 0 amide bonds. The molecule has 0 radical (unpaired) electrons. The van der Waals surface area contributed by atoms with Gasteiger partial charge in [-0.1, -0.05) is 146 Å². The Labute approximate surface area is 378 Å². The Kier molecular flexibility index (Phi) is 7.65. The smallest absolute Gasteiger partial charge is 0.162 e. The first-order chi connectivity index (χ1) is 32.7. The largest absolute Gasteiger partial charge is 0.307 e. The van der Waals surface area contributed by atoms with Crippen molar-refractivity contribution in [1.82, 2.24) is 23.3 Å². The molecular formula is C60H36N6. The van der Waals surface area contributed by atoms with Crippen LogP contribution in [-0.2, 0) is 0 Å². The number of aromatic nitrogens is 5. The summed E-state index contributed by atoms with van der Waals surface area (Å²) >= 11 is 0. The molecule has 66 heavy (non-hydrogen) atoms. The Hall–Kier alpha value is -9.18. The molecule has 0 saturated heterocycles. The lowest BCUT2D eigenvalue weighted by molar-refractivity contribution is 1.03. The minimum Gasteiger partial charge on any atom is -0.307 e. The van der Waals surface area contributed by atoms with Gasteiger partial charge in [-0.3, -0.25) is 4.57 Å². The van der Waals surface area contributed by atoms with Gasteiger partial charge in [0.1, 0.15) is 0 Å².